The van der Waals surface area contributed by atoms with Crippen LogP contribution in [0.2, 0.25) is 0 Å². The van der Waals surface area contributed by atoms with Crippen molar-refractivity contribution in [1.29, 1.82) is 0 Å². The molecule has 3 atom stereocenters. The first-order valence-corrected chi connectivity index (χ1v) is 9.02. The maximum Gasteiger partial charge on any atom is -0.0326 e. The summed E-state index contributed by atoms with van der Waals surface area (Å²) in [7, 11) is 0. The van der Waals surface area contributed by atoms with Crippen molar-refractivity contribution in [3.05, 3.63) is 0 Å². The van der Waals surface area contributed by atoms with Gasteiger partial charge in [-0.25, -0.2) is 0 Å². The molecule has 0 N–H and O–H groups in total. The fourth-order valence-electron chi connectivity index (χ4n) is 3.36. The van der Waals surface area contributed by atoms with Gasteiger partial charge in [0.15, 0.2) is 0 Å². The van der Waals surface area contributed by atoms with Gasteiger partial charge in [-0.1, -0.05) is 92.9 Å². The molecule has 0 aromatic carbocycles. The summed E-state index contributed by atoms with van der Waals surface area (Å²) < 4.78 is 0. The predicted molar refractivity (Wildman–Crippen MR) is 89.6 cm³/mol. The van der Waals surface area contributed by atoms with E-state index in [2.05, 4.69) is 41.5 Å². The molecule has 116 valence electrons. The van der Waals surface area contributed by atoms with E-state index in [-0.39, 0.29) is 0 Å². The summed E-state index contributed by atoms with van der Waals surface area (Å²) in [6.07, 6.45) is 14.0. The molecule has 0 nitrogen and oxygen atoms in total. The lowest BCUT2D eigenvalue weighted by molar-refractivity contribution is 0.163. The lowest BCUT2D eigenvalue weighted by Crippen LogP contribution is -2.23. The molecular formula is C19H40. The lowest BCUT2D eigenvalue weighted by Gasteiger charge is -2.35. The molecule has 0 heterocycles. The molecule has 0 aliphatic heterocycles. The Morgan fingerprint density at radius 3 is 2.00 bits per heavy atom. The van der Waals surface area contributed by atoms with Gasteiger partial charge in [-0.2, -0.15) is 0 Å². The van der Waals surface area contributed by atoms with Crippen LogP contribution >= 0.6 is 0 Å². The van der Waals surface area contributed by atoms with E-state index in [9.17, 15) is 0 Å². The molecule has 0 radical (unpaired) electrons. The van der Waals surface area contributed by atoms with Crippen molar-refractivity contribution in [2.75, 3.05) is 0 Å². The van der Waals surface area contributed by atoms with Gasteiger partial charge in [0.1, 0.15) is 0 Å². The highest BCUT2D eigenvalue weighted by Crippen LogP contribution is 2.39. The number of hydrogen-bond acceptors (Lipinski definition) is 0. The zero-order valence-corrected chi connectivity index (χ0v) is 14.7. The summed E-state index contributed by atoms with van der Waals surface area (Å²) in [5.41, 5.74) is 0.593. The molecule has 0 aliphatic rings. The standard InChI is InChI=1S/C19H40/c1-7-11-13-14-17(5)18(9-3)16-19(6,10-4)15-12-8-2/h17-18H,7-16H2,1-6H3. The summed E-state index contributed by atoms with van der Waals surface area (Å²) in [5.74, 6) is 1.86. The molecule has 0 bridgehead atoms. The average molecular weight is 269 g/mol. The molecule has 0 aromatic heterocycles. The minimum Gasteiger partial charge on any atom is -0.0654 e. The van der Waals surface area contributed by atoms with E-state index in [0.29, 0.717) is 5.41 Å². The molecule has 0 aromatic rings. The number of rotatable bonds is 12. The molecule has 0 spiro atoms. The second-order valence-corrected chi connectivity index (χ2v) is 7.11. The van der Waals surface area contributed by atoms with Crippen LogP contribution in [-0.2, 0) is 0 Å². The maximum absolute atomic E-state index is 2.53. The average Bonchev–Trinajstić information content (AvgIpc) is 2.42. The zero-order chi connectivity index (χ0) is 14.7. The van der Waals surface area contributed by atoms with Crippen LogP contribution < -0.4 is 0 Å². The van der Waals surface area contributed by atoms with Gasteiger partial charge in [0.2, 0.25) is 0 Å². The molecule has 0 saturated carbocycles. The van der Waals surface area contributed by atoms with Gasteiger partial charge in [-0.05, 0) is 30.1 Å². The third kappa shape index (κ3) is 8.00. The first kappa shape index (κ1) is 19.0. The summed E-state index contributed by atoms with van der Waals surface area (Å²) in [6, 6.07) is 0. The molecule has 0 fully saturated rings. The number of unbranched alkanes of at least 4 members (excludes halogenated alkanes) is 3. The van der Waals surface area contributed by atoms with E-state index >= 15 is 0 Å². The predicted octanol–water partition coefficient (Wildman–Crippen LogP) is 7.23. The normalized spacial score (nSPS) is 18.0. The molecule has 0 heteroatoms. The van der Waals surface area contributed by atoms with E-state index in [1.165, 1.54) is 64.2 Å². The topological polar surface area (TPSA) is 0 Å². The van der Waals surface area contributed by atoms with Crippen LogP contribution in [0.5, 0.6) is 0 Å². The van der Waals surface area contributed by atoms with E-state index in [1.54, 1.807) is 0 Å². The molecule has 0 aliphatic carbocycles. The summed E-state index contributed by atoms with van der Waals surface area (Å²) in [5, 5.41) is 0. The Kier molecular flexibility index (Phi) is 10.7. The Bertz CT molecular complexity index is 196. The summed E-state index contributed by atoms with van der Waals surface area (Å²) in [4.78, 5) is 0. The number of hydrogen-bond donors (Lipinski definition) is 0. The van der Waals surface area contributed by atoms with Crippen molar-refractivity contribution in [3.63, 3.8) is 0 Å². The molecule has 3 unspecified atom stereocenters. The quantitative estimate of drug-likeness (QED) is 0.328. The van der Waals surface area contributed by atoms with Crippen LogP contribution in [0.1, 0.15) is 106 Å². The van der Waals surface area contributed by atoms with Gasteiger partial charge in [0, 0.05) is 0 Å². The fourth-order valence-corrected chi connectivity index (χ4v) is 3.36. The van der Waals surface area contributed by atoms with E-state index in [1.807, 2.05) is 0 Å². The second-order valence-electron chi connectivity index (χ2n) is 7.11. The zero-order valence-electron chi connectivity index (χ0n) is 14.7. The third-order valence-electron chi connectivity index (χ3n) is 5.33. The summed E-state index contributed by atoms with van der Waals surface area (Å²) in [6.45, 7) is 14.5. The Labute approximate surface area is 123 Å². The van der Waals surface area contributed by atoms with Crippen LogP contribution in [0.4, 0.5) is 0 Å². The third-order valence-corrected chi connectivity index (χ3v) is 5.33. The minimum absolute atomic E-state index is 0.593. The SMILES string of the molecule is CCCCCC(C)C(CC)CC(C)(CC)CCCC. The van der Waals surface area contributed by atoms with Gasteiger partial charge in [-0.3, -0.25) is 0 Å². The monoisotopic (exact) mass is 268 g/mol. The Morgan fingerprint density at radius 1 is 0.895 bits per heavy atom. The molecule has 0 rings (SSSR count). The van der Waals surface area contributed by atoms with Crippen LogP contribution in [0.25, 0.3) is 0 Å². The maximum atomic E-state index is 2.53. The molecule has 19 heavy (non-hydrogen) atoms. The first-order valence-electron chi connectivity index (χ1n) is 9.02. The van der Waals surface area contributed by atoms with E-state index in [4.69, 9.17) is 0 Å². The van der Waals surface area contributed by atoms with Crippen LogP contribution in [0.15, 0.2) is 0 Å². The molecule has 0 saturated heterocycles. The smallest absolute Gasteiger partial charge is 0.0326 e. The van der Waals surface area contributed by atoms with Crippen molar-refractivity contribution in [2.24, 2.45) is 17.3 Å². The van der Waals surface area contributed by atoms with Crippen molar-refractivity contribution >= 4 is 0 Å². The Hall–Kier alpha value is 0. The van der Waals surface area contributed by atoms with Gasteiger partial charge >= 0.3 is 0 Å². The van der Waals surface area contributed by atoms with Crippen molar-refractivity contribution < 1.29 is 0 Å². The van der Waals surface area contributed by atoms with Gasteiger partial charge in [0.05, 0.1) is 0 Å². The first-order chi connectivity index (χ1) is 9.02. The minimum atomic E-state index is 0.593. The highest BCUT2D eigenvalue weighted by molar-refractivity contribution is 4.79. The van der Waals surface area contributed by atoms with Crippen molar-refractivity contribution in [2.45, 2.75) is 106 Å². The van der Waals surface area contributed by atoms with Crippen LogP contribution in [0.3, 0.4) is 0 Å². The molecular weight excluding hydrogens is 228 g/mol. The lowest BCUT2D eigenvalue weighted by atomic mass is 9.71. The fraction of sp³-hybridized carbons (Fsp3) is 1.00. The van der Waals surface area contributed by atoms with Crippen molar-refractivity contribution in [3.8, 4) is 0 Å². The van der Waals surface area contributed by atoms with Crippen LogP contribution in [0, 0.1) is 17.3 Å². The van der Waals surface area contributed by atoms with Crippen molar-refractivity contribution in [1.82, 2.24) is 0 Å². The van der Waals surface area contributed by atoms with Gasteiger partial charge in [-0.15, -0.1) is 0 Å². The van der Waals surface area contributed by atoms with Gasteiger partial charge in [0.25, 0.3) is 0 Å². The van der Waals surface area contributed by atoms with E-state index in [0.717, 1.165) is 11.8 Å². The van der Waals surface area contributed by atoms with Crippen LogP contribution in [-0.4, -0.2) is 0 Å². The highest BCUT2D eigenvalue weighted by atomic mass is 14.3. The van der Waals surface area contributed by atoms with E-state index < -0.39 is 0 Å². The Morgan fingerprint density at radius 2 is 1.53 bits per heavy atom. The largest absolute Gasteiger partial charge is 0.0654 e. The second kappa shape index (κ2) is 10.7. The molecule has 0 amide bonds. The Balaban J connectivity index is 4.32. The summed E-state index contributed by atoms with van der Waals surface area (Å²) >= 11 is 0. The highest BCUT2D eigenvalue weighted by Gasteiger charge is 2.27. The van der Waals surface area contributed by atoms with Gasteiger partial charge < -0.3 is 0 Å².